The van der Waals surface area contributed by atoms with Gasteiger partial charge in [-0.2, -0.15) is 0 Å². The molecular weight excluding hydrogens is 392 g/mol. The van der Waals surface area contributed by atoms with Crippen LogP contribution in [0.1, 0.15) is 35.4 Å². The summed E-state index contributed by atoms with van der Waals surface area (Å²) in [5, 5.41) is 11.9. The molecule has 1 heterocycles. The van der Waals surface area contributed by atoms with Gasteiger partial charge in [0.2, 0.25) is 0 Å². The zero-order valence-corrected chi connectivity index (χ0v) is 17.5. The normalized spacial score (nSPS) is 13.3. The quantitative estimate of drug-likeness (QED) is 0.570. The molecule has 1 unspecified atom stereocenters. The lowest BCUT2D eigenvalue weighted by molar-refractivity contribution is -0.137. The predicted molar refractivity (Wildman–Crippen MR) is 118 cm³/mol. The summed E-state index contributed by atoms with van der Waals surface area (Å²) in [6.07, 6.45) is 4.26. The Morgan fingerprint density at radius 3 is 2.29 bits per heavy atom. The molecule has 1 aliphatic rings. The first kappa shape index (κ1) is 20.7. The molecule has 0 bridgehead atoms. The number of amides is 1. The molecule has 0 saturated carbocycles. The molecule has 0 saturated heterocycles. The van der Waals surface area contributed by atoms with Crippen LogP contribution < -0.4 is 5.32 Å². The molecule has 1 aromatic heterocycles. The lowest BCUT2D eigenvalue weighted by Gasteiger charge is -2.19. The van der Waals surface area contributed by atoms with E-state index in [1.165, 1.54) is 11.1 Å². The molecule has 6 heteroatoms. The van der Waals surface area contributed by atoms with Crippen LogP contribution in [0.3, 0.4) is 0 Å². The molecule has 1 amide bonds. The number of rotatable bonds is 8. The van der Waals surface area contributed by atoms with Crippen LogP contribution >= 0.6 is 0 Å². The minimum atomic E-state index is -0.882. The van der Waals surface area contributed by atoms with Gasteiger partial charge in [0, 0.05) is 37.8 Å². The Balaban J connectivity index is 1.41. The van der Waals surface area contributed by atoms with Crippen molar-refractivity contribution in [2.24, 2.45) is 7.05 Å². The number of nitrogens with one attached hydrogen (secondary N) is 1. The Kier molecular flexibility index (Phi) is 6.07. The zero-order chi connectivity index (χ0) is 21.8. The highest BCUT2D eigenvalue weighted by Gasteiger charge is 2.29. The van der Waals surface area contributed by atoms with Crippen LogP contribution in [0.2, 0.25) is 0 Å². The molecule has 2 N–H and O–H groups in total. The number of carboxylic acid groups (broad SMARTS) is 1. The van der Waals surface area contributed by atoms with Crippen LogP contribution in [0, 0.1) is 0 Å². The third-order valence-electron chi connectivity index (χ3n) is 5.75. The van der Waals surface area contributed by atoms with Crippen LogP contribution in [0.4, 0.5) is 4.79 Å². The molecule has 0 radical (unpaired) electrons. The summed E-state index contributed by atoms with van der Waals surface area (Å²) in [5.74, 6) is -0.892. The van der Waals surface area contributed by atoms with Crippen molar-refractivity contribution >= 4 is 12.1 Å². The molecule has 0 fully saturated rings. The molecule has 1 aliphatic carbocycles. The van der Waals surface area contributed by atoms with Crippen molar-refractivity contribution in [1.82, 2.24) is 9.88 Å². The highest BCUT2D eigenvalue weighted by molar-refractivity contribution is 5.79. The predicted octanol–water partition coefficient (Wildman–Crippen LogP) is 4.34. The first-order chi connectivity index (χ1) is 15.0. The van der Waals surface area contributed by atoms with Gasteiger partial charge >= 0.3 is 12.1 Å². The number of carbonyl (C=O) groups excluding carboxylic acids is 1. The number of aliphatic carboxylic acids is 1. The smallest absolute Gasteiger partial charge is 0.407 e. The van der Waals surface area contributed by atoms with Gasteiger partial charge in [-0.3, -0.25) is 4.79 Å². The van der Waals surface area contributed by atoms with Crippen LogP contribution in [-0.2, 0) is 23.0 Å². The molecule has 4 rings (SSSR count). The second kappa shape index (κ2) is 9.08. The molecule has 160 valence electrons. The fourth-order valence-corrected chi connectivity index (χ4v) is 4.30. The number of aryl methyl sites for hydroxylation is 1. The summed E-state index contributed by atoms with van der Waals surface area (Å²) >= 11 is 0. The summed E-state index contributed by atoms with van der Waals surface area (Å²) in [5.41, 5.74) is 5.70. The van der Waals surface area contributed by atoms with Gasteiger partial charge in [0.1, 0.15) is 6.61 Å². The van der Waals surface area contributed by atoms with Crippen molar-refractivity contribution in [2.45, 2.75) is 31.2 Å². The number of hydrogen-bond donors (Lipinski definition) is 2. The minimum Gasteiger partial charge on any atom is -0.481 e. The fourth-order valence-electron chi connectivity index (χ4n) is 4.30. The molecule has 31 heavy (non-hydrogen) atoms. The summed E-state index contributed by atoms with van der Waals surface area (Å²) in [6.45, 7) is 0.233. The topological polar surface area (TPSA) is 80.6 Å². The Hall–Kier alpha value is -3.54. The second-order valence-electron chi connectivity index (χ2n) is 7.99. The van der Waals surface area contributed by atoms with Crippen LogP contribution in [0.15, 0.2) is 67.0 Å². The third kappa shape index (κ3) is 4.79. The van der Waals surface area contributed by atoms with Crippen molar-refractivity contribution in [3.8, 4) is 11.1 Å². The lowest BCUT2D eigenvalue weighted by Crippen LogP contribution is -2.37. The monoisotopic (exact) mass is 418 g/mol. The number of carbonyl (C=O) groups is 2. The van der Waals surface area contributed by atoms with Crippen molar-refractivity contribution in [3.63, 3.8) is 0 Å². The maximum absolute atomic E-state index is 12.6. The standard InChI is InChI=1S/C25H26N2O4/c1-27-13-12-17(15-27)14-18(10-11-24(28)29)26-25(30)31-16-23-21-8-4-2-6-19(21)20-7-3-5-9-22(20)23/h2-9,12-13,15,18,23H,10-11,14,16H2,1H3,(H,26,30)(H,28,29). The van der Waals surface area contributed by atoms with Crippen molar-refractivity contribution in [1.29, 1.82) is 0 Å². The van der Waals surface area contributed by atoms with Gasteiger partial charge in [-0.15, -0.1) is 0 Å². The average molecular weight is 418 g/mol. The van der Waals surface area contributed by atoms with E-state index in [2.05, 4.69) is 29.6 Å². The average Bonchev–Trinajstić information content (AvgIpc) is 3.31. The Morgan fingerprint density at radius 1 is 1.06 bits per heavy atom. The number of ether oxygens (including phenoxy) is 1. The van der Waals surface area contributed by atoms with Gasteiger partial charge in [0.25, 0.3) is 0 Å². The largest absolute Gasteiger partial charge is 0.481 e. The van der Waals surface area contributed by atoms with E-state index in [1.54, 1.807) is 0 Å². The number of carboxylic acids is 1. The van der Waals surface area contributed by atoms with Gasteiger partial charge in [-0.05, 0) is 46.7 Å². The number of nitrogens with zero attached hydrogens (tertiary/aromatic N) is 1. The van der Waals surface area contributed by atoms with Gasteiger partial charge < -0.3 is 19.7 Å². The lowest BCUT2D eigenvalue weighted by atomic mass is 9.98. The summed E-state index contributed by atoms with van der Waals surface area (Å²) in [7, 11) is 1.93. The first-order valence-electron chi connectivity index (χ1n) is 10.5. The third-order valence-corrected chi connectivity index (χ3v) is 5.75. The molecular formula is C25H26N2O4. The molecule has 3 aromatic rings. The van der Waals surface area contributed by atoms with E-state index >= 15 is 0 Å². The summed E-state index contributed by atoms with van der Waals surface area (Å²) in [6, 6.07) is 18.0. The molecule has 1 atom stereocenters. The molecule has 0 spiro atoms. The van der Waals surface area contributed by atoms with Crippen LogP contribution in [0.5, 0.6) is 0 Å². The second-order valence-corrected chi connectivity index (χ2v) is 7.99. The molecule has 6 nitrogen and oxygen atoms in total. The van der Waals surface area contributed by atoms with E-state index in [0.717, 1.165) is 16.7 Å². The Bertz CT molecular complexity index is 1040. The minimum absolute atomic E-state index is 0.00950. The number of fused-ring (bicyclic) bond motifs is 3. The first-order valence-corrected chi connectivity index (χ1v) is 10.5. The molecule has 2 aromatic carbocycles. The van der Waals surface area contributed by atoms with E-state index in [4.69, 9.17) is 9.84 Å². The van der Waals surface area contributed by atoms with Gasteiger partial charge in [0.15, 0.2) is 0 Å². The van der Waals surface area contributed by atoms with Crippen molar-refractivity contribution < 1.29 is 19.4 Å². The summed E-state index contributed by atoms with van der Waals surface area (Å²) < 4.78 is 7.54. The highest BCUT2D eigenvalue weighted by atomic mass is 16.5. The Labute approximate surface area is 181 Å². The van der Waals surface area contributed by atoms with E-state index in [0.29, 0.717) is 12.8 Å². The van der Waals surface area contributed by atoms with Crippen molar-refractivity contribution in [2.75, 3.05) is 6.61 Å². The van der Waals surface area contributed by atoms with Gasteiger partial charge in [0.05, 0.1) is 0 Å². The maximum atomic E-state index is 12.6. The number of benzene rings is 2. The number of aromatic nitrogens is 1. The maximum Gasteiger partial charge on any atom is 0.407 e. The SMILES string of the molecule is Cn1ccc(CC(CCC(=O)O)NC(=O)OCC2c3ccccc3-c3ccccc32)c1. The van der Waals surface area contributed by atoms with Crippen LogP contribution in [-0.4, -0.2) is 34.4 Å². The van der Waals surface area contributed by atoms with E-state index in [1.807, 2.05) is 54.3 Å². The van der Waals surface area contributed by atoms with Crippen LogP contribution in [0.25, 0.3) is 11.1 Å². The van der Waals surface area contributed by atoms with E-state index in [9.17, 15) is 9.59 Å². The summed E-state index contributed by atoms with van der Waals surface area (Å²) in [4.78, 5) is 23.6. The van der Waals surface area contributed by atoms with Gasteiger partial charge in [-0.1, -0.05) is 48.5 Å². The van der Waals surface area contributed by atoms with Gasteiger partial charge in [-0.25, -0.2) is 4.79 Å². The number of hydrogen-bond acceptors (Lipinski definition) is 3. The Morgan fingerprint density at radius 2 is 1.71 bits per heavy atom. The van der Waals surface area contributed by atoms with Crippen molar-refractivity contribution in [3.05, 3.63) is 83.7 Å². The zero-order valence-electron chi connectivity index (χ0n) is 17.5. The highest BCUT2D eigenvalue weighted by Crippen LogP contribution is 2.44. The van der Waals surface area contributed by atoms with E-state index < -0.39 is 12.1 Å². The fraction of sp³-hybridized carbons (Fsp3) is 0.280. The number of alkyl carbamates (subject to hydrolysis) is 1. The van der Waals surface area contributed by atoms with E-state index in [-0.39, 0.29) is 25.0 Å². The molecule has 0 aliphatic heterocycles.